The lowest BCUT2D eigenvalue weighted by Crippen LogP contribution is -1.95. The van der Waals surface area contributed by atoms with Gasteiger partial charge < -0.3 is 0 Å². The van der Waals surface area contributed by atoms with E-state index < -0.39 is 0 Å². The van der Waals surface area contributed by atoms with E-state index in [1.165, 1.54) is 5.56 Å². The average Bonchev–Trinajstić information content (AvgIpc) is 2.25. The van der Waals surface area contributed by atoms with Crippen molar-refractivity contribution in [2.24, 2.45) is 0 Å². The van der Waals surface area contributed by atoms with Gasteiger partial charge in [0.15, 0.2) is 0 Å². The number of aromatic nitrogens is 1. The second-order valence-electron chi connectivity index (χ2n) is 3.46. The zero-order chi connectivity index (χ0) is 10.2. The van der Waals surface area contributed by atoms with Crippen LogP contribution in [0.1, 0.15) is 38.2 Å². The van der Waals surface area contributed by atoms with Gasteiger partial charge in [0.25, 0.3) is 0 Å². The van der Waals surface area contributed by atoms with Crippen LogP contribution in [0, 0.1) is 0 Å². The molecular formula is C12H17NO. The highest BCUT2D eigenvalue weighted by Crippen LogP contribution is 2.05. The molecule has 0 aliphatic carbocycles. The van der Waals surface area contributed by atoms with E-state index >= 15 is 0 Å². The topological polar surface area (TPSA) is 30.0 Å². The van der Waals surface area contributed by atoms with Gasteiger partial charge in [-0.05, 0) is 30.9 Å². The van der Waals surface area contributed by atoms with Gasteiger partial charge in [-0.25, -0.2) is 0 Å². The minimum Gasteiger partial charge on any atom is -0.300 e. The van der Waals surface area contributed by atoms with Crippen molar-refractivity contribution in [2.75, 3.05) is 0 Å². The van der Waals surface area contributed by atoms with Gasteiger partial charge in [0.1, 0.15) is 5.78 Å². The molecule has 0 aliphatic rings. The molecule has 1 heterocycles. The third kappa shape index (κ3) is 4.17. The monoisotopic (exact) mass is 191 g/mol. The summed E-state index contributed by atoms with van der Waals surface area (Å²) >= 11 is 0. The summed E-state index contributed by atoms with van der Waals surface area (Å²) in [6.07, 6.45) is 8.19. The maximum atomic E-state index is 11.0. The maximum Gasteiger partial charge on any atom is 0.132 e. The summed E-state index contributed by atoms with van der Waals surface area (Å²) in [7, 11) is 0. The zero-order valence-electron chi connectivity index (χ0n) is 8.70. The lowest BCUT2D eigenvalue weighted by molar-refractivity contribution is -0.118. The van der Waals surface area contributed by atoms with Gasteiger partial charge in [0, 0.05) is 25.2 Å². The summed E-state index contributed by atoms with van der Waals surface area (Å²) in [4.78, 5) is 15.1. The van der Waals surface area contributed by atoms with E-state index in [0.717, 1.165) is 25.7 Å². The molecule has 0 atom stereocenters. The Bertz CT molecular complexity index is 269. The number of nitrogens with zero attached hydrogens (tertiary/aromatic N) is 1. The molecule has 0 radical (unpaired) electrons. The van der Waals surface area contributed by atoms with Gasteiger partial charge in [-0.3, -0.25) is 9.78 Å². The van der Waals surface area contributed by atoms with Crippen LogP contribution in [0.5, 0.6) is 0 Å². The Hall–Kier alpha value is -1.18. The smallest absolute Gasteiger partial charge is 0.132 e. The third-order valence-electron chi connectivity index (χ3n) is 2.29. The van der Waals surface area contributed by atoms with Crippen LogP contribution >= 0.6 is 0 Å². The number of rotatable bonds is 6. The van der Waals surface area contributed by atoms with Gasteiger partial charge in [-0.2, -0.15) is 0 Å². The first-order chi connectivity index (χ1) is 6.83. The van der Waals surface area contributed by atoms with Crippen molar-refractivity contribution < 1.29 is 4.79 Å². The SMILES string of the molecule is CCC(=O)CCCCc1cccnc1. The zero-order valence-corrected chi connectivity index (χ0v) is 8.70. The summed E-state index contributed by atoms with van der Waals surface area (Å²) < 4.78 is 0. The number of aryl methyl sites for hydroxylation is 1. The second kappa shape index (κ2) is 6.30. The predicted octanol–water partition coefficient (Wildman–Crippen LogP) is 2.77. The Morgan fingerprint density at radius 3 is 2.93 bits per heavy atom. The first-order valence-electron chi connectivity index (χ1n) is 5.23. The van der Waals surface area contributed by atoms with Crippen molar-refractivity contribution in [1.29, 1.82) is 0 Å². The molecule has 0 unspecified atom stereocenters. The molecule has 0 aromatic carbocycles. The van der Waals surface area contributed by atoms with E-state index in [1.54, 1.807) is 6.20 Å². The van der Waals surface area contributed by atoms with Gasteiger partial charge in [-0.1, -0.05) is 13.0 Å². The molecule has 76 valence electrons. The summed E-state index contributed by atoms with van der Waals surface area (Å²) in [5, 5.41) is 0. The number of hydrogen-bond acceptors (Lipinski definition) is 2. The van der Waals surface area contributed by atoms with Crippen LogP contribution in [0.25, 0.3) is 0 Å². The quantitative estimate of drug-likeness (QED) is 0.647. The van der Waals surface area contributed by atoms with Crippen LogP contribution < -0.4 is 0 Å². The number of carbonyl (C=O) groups is 1. The number of hydrogen-bond donors (Lipinski definition) is 0. The summed E-state index contributed by atoms with van der Waals surface area (Å²) in [6, 6.07) is 4.03. The highest BCUT2D eigenvalue weighted by molar-refractivity contribution is 5.77. The molecule has 2 heteroatoms. The van der Waals surface area contributed by atoms with Gasteiger partial charge in [0.05, 0.1) is 0 Å². The maximum absolute atomic E-state index is 11.0. The van der Waals surface area contributed by atoms with Crippen molar-refractivity contribution in [3.63, 3.8) is 0 Å². The molecule has 1 aromatic rings. The first kappa shape index (κ1) is 10.9. The molecule has 14 heavy (non-hydrogen) atoms. The molecule has 2 nitrogen and oxygen atoms in total. The summed E-state index contributed by atoms with van der Waals surface area (Å²) in [6.45, 7) is 1.92. The highest BCUT2D eigenvalue weighted by atomic mass is 16.1. The van der Waals surface area contributed by atoms with Gasteiger partial charge >= 0.3 is 0 Å². The van der Waals surface area contributed by atoms with Crippen molar-refractivity contribution >= 4 is 5.78 Å². The molecule has 0 fully saturated rings. The fraction of sp³-hybridized carbons (Fsp3) is 0.500. The fourth-order valence-electron chi connectivity index (χ4n) is 1.37. The van der Waals surface area contributed by atoms with Crippen LogP contribution in [-0.2, 0) is 11.2 Å². The molecule has 0 aliphatic heterocycles. The molecule has 0 amide bonds. The number of ketones is 1. The van der Waals surface area contributed by atoms with Crippen LogP contribution in [0.2, 0.25) is 0 Å². The standard InChI is InChI=1S/C12H17NO/c1-2-12(14)8-4-3-6-11-7-5-9-13-10-11/h5,7,9-10H,2-4,6,8H2,1H3. The van der Waals surface area contributed by atoms with Crippen LogP contribution in [0.4, 0.5) is 0 Å². The normalized spacial score (nSPS) is 10.1. The predicted molar refractivity (Wildman–Crippen MR) is 57.1 cm³/mol. The van der Waals surface area contributed by atoms with E-state index in [0.29, 0.717) is 12.2 Å². The lowest BCUT2D eigenvalue weighted by atomic mass is 10.1. The molecule has 0 bridgehead atoms. The van der Waals surface area contributed by atoms with E-state index in [1.807, 2.05) is 19.2 Å². The van der Waals surface area contributed by atoms with Gasteiger partial charge in [-0.15, -0.1) is 0 Å². The van der Waals surface area contributed by atoms with Crippen molar-refractivity contribution in [3.05, 3.63) is 30.1 Å². The Balaban J connectivity index is 2.13. The first-order valence-corrected chi connectivity index (χ1v) is 5.23. The fourth-order valence-corrected chi connectivity index (χ4v) is 1.37. The Kier molecular flexibility index (Phi) is 4.90. The van der Waals surface area contributed by atoms with Crippen LogP contribution in [-0.4, -0.2) is 10.8 Å². The van der Waals surface area contributed by atoms with Crippen LogP contribution in [0.15, 0.2) is 24.5 Å². The molecule has 0 spiro atoms. The number of unbranched alkanes of at least 4 members (excludes halogenated alkanes) is 1. The minimum atomic E-state index is 0.371. The van der Waals surface area contributed by atoms with Crippen molar-refractivity contribution in [3.8, 4) is 0 Å². The molecule has 1 rings (SSSR count). The molecular weight excluding hydrogens is 174 g/mol. The van der Waals surface area contributed by atoms with Crippen LogP contribution in [0.3, 0.4) is 0 Å². The summed E-state index contributed by atoms with van der Waals surface area (Å²) in [5.41, 5.74) is 1.26. The minimum absolute atomic E-state index is 0.371. The number of Topliss-reactive ketones (excluding diaryl/α,β-unsaturated/α-hetero) is 1. The number of carbonyl (C=O) groups excluding carboxylic acids is 1. The Morgan fingerprint density at radius 1 is 1.43 bits per heavy atom. The van der Waals surface area contributed by atoms with Crippen molar-refractivity contribution in [1.82, 2.24) is 4.98 Å². The van der Waals surface area contributed by atoms with E-state index in [2.05, 4.69) is 11.1 Å². The van der Waals surface area contributed by atoms with E-state index in [4.69, 9.17) is 0 Å². The lowest BCUT2D eigenvalue weighted by Gasteiger charge is -1.99. The second-order valence-corrected chi connectivity index (χ2v) is 3.46. The molecule has 0 saturated heterocycles. The summed E-state index contributed by atoms with van der Waals surface area (Å²) in [5.74, 6) is 0.371. The van der Waals surface area contributed by atoms with Crippen molar-refractivity contribution in [2.45, 2.75) is 39.0 Å². The molecule has 0 N–H and O–H groups in total. The molecule has 1 aromatic heterocycles. The molecule has 0 saturated carbocycles. The number of pyridine rings is 1. The highest BCUT2D eigenvalue weighted by Gasteiger charge is 1.98. The third-order valence-corrected chi connectivity index (χ3v) is 2.29. The Labute approximate surface area is 85.4 Å². The van der Waals surface area contributed by atoms with E-state index in [9.17, 15) is 4.79 Å². The van der Waals surface area contributed by atoms with E-state index in [-0.39, 0.29) is 0 Å². The van der Waals surface area contributed by atoms with Gasteiger partial charge in [0.2, 0.25) is 0 Å². The largest absolute Gasteiger partial charge is 0.300 e. The Morgan fingerprint density at radius 2 is 2.29 bits per heavy atom. The average molecular weight is 191 g/mol.